The van der Waals surface area contributed by atoms with Crippen molar-refractivity contribution >= 4 is 17.7 Å². The van der Waals surface area contributed by atoms with E-state index in [-0.39, 0.29) is 19.1 Å². The molecule has 5 rings (SSSR count). The van der Waals surface area contributed by atoms with Crippen molar-refractivity contribution in [2.75, 3.05) is 5.32 Å². The van der Waals surface area contributed by atoms with Crippen LogP contribution in [0.1, 0.15) is 27.8 Å². The summed E-state index contributed by atoms with van der Waals surface area (Å²) in [7, 11) is 0. The molecule has 1 heterocycles. The van der Waals surface area contributed by atoms with Crippen LogP contribution in [0.4, 0.5) is 10.5 Å². The highest BCUT2D eigenvalue weighted by molar-refractivity contribution is 5.97. The summed E-state index contributed by atoms with van der Waals surface area (Å²) >= 11 is 0. The van der Waals surface area contributed by atoms with Gasteiger partial charge in [-0.3, -0.25) is 9.69 Å². The molecule has 3 N–H and O–H groups in total. The first-order valence-corrected chi connectivity index (χ1v) is 12.9. The Bertz CT molecular complexity index is 1430. The molecule has 2 amide bonds. The molecule has 0 spiro atoms. The van der Waals surface area contributed by atoms with Gasteiger partial charge in [0.05, 0.1) is 6.54 Å². The van der Waals surface area contributed by atoms with E-state index in [1.165, 1.54) is 4.90 Å². The molecular weight excluding hydrogens is 490 g/mol. The number of hydrogen-bond donors (Lipinski definition) is 2. The van der Waals surface area contributed by atoms with Crippen LogP contribution in [0.15, 0.2) is 103 Å². The molecule has 1 aliphatic heterocycles. The fourth-order valence-corrected chi connectivity index (χ4v) is 4.62. The zero-order valence-electron chi connectivity index (χ0n) is 21.6. The van der Waals surface area contributed by atoms with Gasteiger partial charge in [0.15, 0.2) is 0 Å². The number of ether oxygens (including phenoxy) is 2. The first kappa shape index (κ1) is 26.0. The molecule has 0 radical (unpaired) electrons. The second kappa shape index (κ2) is 12.3. The smallest absolute Gasteiger partial charge is 0.411 e. The first-order valence-electron chi connectivity index (χ1n) is 12.9. The van der Waals surface area contributed by atoms with Gasteiger partial charge in [0.1, 0.15) is 25.0 Å². The van der Waals surface area contributed by atoms with Crippen molar-refractivity contribution in [1.82, 2.24) is 4.90 Å². The van der Waals surface area contributed by atoms with Crippen molar-refractivity contribution < 1.29 is 19.1 Å². The summed E-state index contributed by atoms with van der Waals surface area (Å²) in [4.78, 5) is 28.3. The molecular formula is C32H31N3O4. The molecule has 0 aromatic heterocycles. The monoisotopic (exact) mass is 521 g/mol. The van der Waals surface area contributed by atoms with E-state index in [2.05, 4.69) is 5.32 Å². The molecule has 1 atom stereocenters. The second-order valence-corrected chi connectivity index (χ2v) is 9.49. The number of benzene rings is 4. The molecule has 7 heteroatoms. The third-order valence-corrected chi connectivity index (χ3v) is 6.73. The van der Waals surface area contributed by atoms with Crippen molar-refractivity contribution in [2.24, 2.45) is 5.73 Å². The topological polar surface area (TPSA) is 93.9 Å². The van der Waals surface area contributed by atoms with Crippen molar-refractivity contribution in [3.8, 4) is 5.75 Å². The van der Waals surface area contributed by atoms with Crippen LogP contribution in [0.3, 0.4) is 0 Å². The van der Waals surface area contributed by atoms with Crippen LogP contribution in [-0.2, 0) is 42.3 Å². The van der Waals surface area contributed by atoms with Gasteiger partial charge < -0.3 is 20.5 Å². The van der Waals surface area contributed by atoms with E-state index >= 15 is 0 Å². The van der Waals surface area contributed by atoms with Crippen LogP contribution < -0.4 is 15.8 Å². The lowest BCUT2D eigenvalue weighted by Crippen LogP contribution is -2.50. The third kappa shape index (κ3) is 6.64. The molecule has 198 valence electrons. The molecule has 1 aliphatic rings. The van der Waals surface area contributed by atoms with E-state index in [0.29, 0.717) is 31.0 Å². The molecule has 0 bridgehead atoms. The van der Waals surface area contributed by atoms with Gasteiger partial charge in [0, 0.05) is 18.7 Å². The number of amides is 2. The van der Waals surface area contributed by atoms with Crippen molar-refractivity contribution in [3.05, 3.63) is 131 Å². The summed E-state index contributed by atoms with van der Waals surface area (Å²) in [5.74, 6) is 0.424. The van der Waals surface area contributed by atoms with E-state index in [1.54, 1.807) is 0 Å². The summed E-state index contributed by atoms with van der Waals surface area (Å²) in [6, 6.07) is 31.9. The molecule has 0 fully saturated rings. The van der Waals surface area contributed by atoms with Crippen molar-refractivity contribution in [1.29, 1.82) is 0 Å². The first-order chi connectivity index (χ1) is 19.1. The lowest BCUT2D eigenvalue weighted by atomic mass is 9.93. The van der Waals surface area contributed by atoms with Gasteiger partial charge in [-0.15, -0.1) is 0 Å². The highest BCUT2D eigenvalue weighted by Gasteiger charge is 2.36. The number of rotatable bonds is 8. The Morgan fingerprint density at radius 3 is 2.21 bits per heavy atom. The van der Waals surface area contributed by atoms with Crippen LogP contribution in [0.25, 0.3) is 0 Å². The van der Waals surface area contributed by atoms with E-state index < -0.39 is 12.1 Å². The second-order valence-electron chi connectivity index (χ2n) is 9.49. The Labute approximate surface area is 228 Å². The number of nitrogens with zero attached hydrogens (tertiary/aromatic N) is 1. The number of nitrogens with one attached hydrogen (secondary N) is 1. The Morgan fingerprint density at radius 2 is 1.49 bits per heavy atom. The molecule has 4 aromatic carbocycles. The summed E-state index contributed by atoms with van der Waals surface area (Å²) in [6.45, 7) is 1.16. The van der Waals surface area contributed by atoms with E-state index in [0.717, 1.165) is 27.8 Å². The number of hydrogen-bond acceptors (Lipinski definition) is 5. The summed E-state index contributed by atoms with van der Waals surface area (Å²) in [5, 5.41) is 2.96. The number of carbonyl (C=O) groups excluding carboxylic acids is 2. The van der Waals surface area contributed by atoms with Crippen molar-refractivity contribution in [2.45, 2.75) is 38.8 Å². The standard InChI is InChI=1S/C32H31N3O4/c33-19-25-12-7-13-28(16-25)34-31(36)30-18-26-14-15-29(38-21-23-8-3-1-4-9-23)17-27(26)20-35(30)32(37)39-22-24-10-5-2-6-11-24/h1-17,30H,18-22,33H2,(H,34,36)/t30-/m0/s1. The zero-order chi connectivity index (χ0) is 27.0. The minimum atomic E-state index is -0.738. The molecule has 0 saturated carbocycles. The summed E-state index contributed by atoms with van der Waals surface area (Å²) in [6.07, 6.45) is -0.187. The van der Waals surface area contributed by atoms with Crippen molar-refractivity contribution in [3.63, 3.8) is 0 Å². The lowest BCUT2D eigenvalue weighted by molar-refractivity contribution is -0.121. The average Bonchev–Trinajstić information content (AvgIpc) is 2.99. The third-order valence-electron chi connectivity index (χ3n) is 6.73. The molecule has 7 nitrogen and oxygen atoms in total. The van der Waals surface area contributed by atoms with Gasteiger partial charge in [0.2, 0.25) is 5.91 Å². The van der Waals surface area contributed by atoms with E-state index in [4.69, 9.17) is 15.2 Å². The maximum Gasteiger partial charge on any atom is 0.411 e. The number of carbonyl (C=O) groups is 2. The van der Waals surface area contributed by atoms with Gasteiger partial charge in [-0.25, -0.2) is 4.79 Å². The fraction of sp³-hybridized carbons (Fsp3) is 0.188. The van der Waals surface area contributed by atoms with Crippen LogP contribution in [-0.4, -0.2) is 22.9 Å². The lowest BCUT2D eigenvalue weighted by Gasteiger charge is -2.35. The van der Waals surface area contributed by atoms with Gasteiger partial charge in [-0.05, 0) is 52.1 Å². The minimum absolute atomic E-state index is 0.121. The molecule has 0 unspecified atom stereocenters. The highest BCUT2D eigenvalue weighted by atomic mass is 16.6. The Hall–Kier alpha value is -4.62. The molecule has 4 aromatic rings. The summed E-state index contributed by atoms with van der Waals surface area (Å²) < 4.78 is 11.7. The van der Waals surface area contributed by atoms with Gasteiger partial charge in [-0.1, -0.05) is 78.9 Å². The Morgan fingerprint density at radius 1 is 0.795 bits per heavy atom. The molecule has 39 heavy (non-hydrogen) atoms. The minimum Gasteiger partial charge on any atom is -0.489 e. The largest absolute Gasteiger partial charge is 0.489 e. The Balaban J connectivity index is 1.35. The highest BCUT2D eigenvalue weighted by Crippen LogP contribution is 2.29. The fourth-order valence-electron chi connectivity index (χ4n) is 4.62. The zero-order valence-corrected chi connectivity index (χ0v) is 21.6. The van der Waals surface area contributed by atoms with Gasteiger partial charge in [0.25, 0.3) is 0 Å². The quantitative estimate of drug-likeness (QED) is 0.323. The van der Waals surface area contributed by atoms with Gasteiger partial charge in [-0.2, -0.15) is 0 Å². The van der Waals surface area contributed by atoms with Crippen LogP contribution in [0, 0.1) is 0 Å². The Kier molecular flexibility index (Phi) is 8.19. The number of fused-ring (bicyclic) bond motifs is 1. The van der Waals surface area contributed by atoms with E-state index in [9.17, 15) is 9.59 Å². The average molecular weight is 522 g/mol. The predicted octanol–water partition coefficient (Wildman–Crippen LogP) is 5.43. The van der Waals surface area contributed by atoms with Crippen LogP contribution in [0.2, 0.25) is 0 Å². The number of anilines is 1. The maximum atomic E-state index is 13.5. The molecule has 0 aliphatic carbocycles. The summed E-state index contributed by atoms with van der Waals surface area (Å²) in [5.41, 5.74) is 11.2. The normalized spacial score (nSPS) is 14.3. The van der Waals surface area contributed by atoms with Crippen LogP contribution in [0.5, 0.6) is 5.75 Å². The van der Waals surface area contributed by atoms with E-state index in [1.807, 2.05) is 103 Å². The predicted molar refractivity (Wildman–Crippen MR) is 150 cm³/mol. The molecule has 0 saturated heterocycles. The maximum absolute atomic E-state index is 13.5. The van der Waals surface area contributed by atoms with Gasteiger partial charge >= 0.3 is 6.09 Å². The number of nitrogens with two attached hydrogens (primary N) is 1. The van der Waals surface area contributed by atoms with Crippen LogP contribution >= 0.6 is 0 Å². The SMILES string of the molecule is NCc1cccc(NC(=O)[C@@H]2Cc3ccc(OCc4ccccc4)cc3CN2C(=O)OCc2ccccc2)c1.